The first-order chi connectivity index (χ1) is 14.8. The Morgan fingerprint density at radius 3 is 2.81 bits per heavy atom. The number of ether oxygens (including phenoxy) is 1. The second kappa shape index (κ2) is 8.47. The summed E-state index contributed by atoms with van der Waals surface area (Å²) in [7, 11) is 0. The first-order valence-electron chi connectivity index (χ1n) is 9.91. The molecule has 1 aromatic heterocycles. The molecular weight excluding hydrogens is 409 g/mol. The van der Waals surface area contributed by atoms with E-state index < -0.39 is 11.7 Å². The van der Waals surface area contributed by atoms with Crippen molar-refractivity contribution in [1.29, 1.82) is 0 Å². The van der Waals surface area contributed by atoms with Gasteiger partial charge in [0.15, 0.2) is 0 Å². The number of allylic oxidation sites excluding steroid dienone is 1. The van der Waals surface area contributed by atoms with E-state index in [1.165, 1.54) is 12.1 Å². The highest BCUT2D eigenvalue weighted by Gasteiger charge is 2.32. The lowest BCUT2D eigenvalue weighted by molar-refractivity contribution is -0.137. The number of fused-ring (bicyclic) bond motifs is 2. The molecule has 162 valence electrons. The minimum absolute atomic E-state index is 0.00397. The molecule has 31 heavy (non-hydrogen) atoms. The summed E-state index contributed by atoms with van der Waals surface area (Å²) in [6, 6.07) is 10.7. The van der Waals surface area contributed by atoms with E-state index in [0.717, 1.165) is 23.0 Å². The van der Waals surface area contributed by atoms with Crippen molar-refractivity contribution >= 4 is 28.1 Å². The van der Waals surface area contributed by atoms with Crippen molar-refractivity contribution in [2.24, 2.45) is 0 Å². The number of aliphatic hydroxyl groups is 1. The number of anilines is 1. The van der Waals surface area contributed by atoms with Crippen LogP contribution < -0.4 is 10.1 Å². The number of nitrogens with zero attached hydrogens (tertiary/aromatic N) is 1. The van der Waals surface area contributed by atoms with Crippen LogP contribution in [0.5, 0.6) is 5.75 Å². The van der Waals surface area contributed by atoms with Gasteiger partial charge in [0.05, 0.1) is 24.3 Å². The van der Waals surface area contributed by atoms with Crippen molar-refractivity contribution in [2.45, 2.75) is 25.6 Å². The van der Waals surface area contributed by atoms with Crippen molar-refractivity contribution in [3.05, 3.63) is 65.9 Å². The standard InChI is InChI=1S/C23H21F3N2O3/c24-23(25,26)17-4-6-19-16(2-1-11-31-21(19)13-17)12-22(30)27-18-5-3-15-7-8-28(9-10-29)20(15)14-18/h3-8,12-14,29H,1-2,9-11H2,(H,27,30). The minimum atomic E-state index is -4.46. The van der Waals surface area contributed by atoms with Gasteiger partial charge in [0.2, 0.25) is 5.91 Å². The van der Waals surface area contributed by atoms with Crippen molar-refractivity contribution < 1.29 is 27.8 Å². The Labute approximate surface area is 176 Å². The number of benzene rings is 2. The molecule has 0 aliphatic carbocycles. The molecule has 0 saturated heterocycles. The average Bonchev–Trinajstić information content (AvgIpc) is 3.00. The molecular formula is C23H21F3N2O3. The van der Waals surface area contributed by atoms with Crippen LogP contribution in [0, 0.1) is 0 Å². The highest BCUT2D eigenvalue weighted by atomic mass is 19.4. The van der Waals surface area contributed by atoms with Gasteiger partial charge in [-0.1, -0.05) is 12.1 Å². The second-order valence-corrected chi connectivity index (χ2v) is 7.33. The fraction of sp³-hybridized carbons (Fsp3) is 0.261. The molecule has 0 saturated carbocycles. The van der Waals surface area contributed by atoms with Gasteiger partial charge in [0.25, 0.3) is 0 Å². The van der Waals surface area contributed by atoms with Gasteiger partial charge in [-0.3, -0.25) is 4.79 Å². The molecule has 1 aliphatic heterocycles. The van der Waals surface area contributed by atoms with E-state index in [2.05, 4.69) is 5.32 Å². The van der Waals surface area contributed by atoms with Crippen LogP contribution in [-0.2, 0) is 17.5 Å². The molecule has 2 aromatic carbocycles. The molecule has 4 rings (SSSR count). The van der Waals surface area contributed by atoms with Gasteiger partial charge in [-0.2, -0.15) is 13.2 Å². The number of aliphatic hydroxyl groups excluding tert-OH is 1. The molecule has 0 bridgehead atoms. The van der Waals surface area contributed by atoms with E-state index >= 15 is 0 Å². The maximum Gasteiger partial charge on any atom is 0.416 e. The zero-order valence-corrected chi connectivity index (χ0v) is 16.6. The maximum absolute atomic E-state index is 13.0. The third-order valence-corrected chi connectivity index (χ3v) is 5.19. The van der Waals surface area contributed by atoms with Gasteiger partial charge < -0.3 is 19.7 Å². The lowest BCUT2D eigenvalue weighted by Gasteiger charge is -2.13. The smallest absolute Gasteiger partial charge is 0.416 e. The van der Waals surface area contributed by atoms with Crippen molar-refractivity contribution in [1.82, 2.24) is 4.57 Å². The van der Waals surface area contributed by atoms with Crippen LogP contribution in [0.1, 0.15) is 24.0 Å². The topological polar surface area (TPSA) is 63.5 Å². The van der Waals surface area contributed by atoms with E-state index in [-0.39, 0.29) is 24.9 Å². The fourth-order valence-corrected chi connectivity index (χ4v) is 3.71. The Hall–Kier alpha value is -3.26. The third kappa shape index (κ3) is 4.59. The summed E-state index contributed by atoms with van der Waals surface area (Å²) in [6.07, 6.45) is -0.0674. The molecule has 1 amide bonds. The van der Waals surface area contributed by atoms with Crippen LogP contribution in [0.25, 0.3) is 16.5 Å². The van der Waals surface area contributed by atoms with Crippen LogP contribution in [0.3, 0.4) is 0 Å². The molecule has 5 nitrogen and oxygen atoms in total. The van der Waals surface area contributed by atoms with Gasteiger partial charge >= 0.3 is 6.18 Å². The van der Waals surface area contributed by atoms with Crippen LogP contribution in [0.15, 0.2) is 54.7 Å². The molecule has 8 heteroatoms. The molecule has 0 fully saturated rings. The molecule has 2 heterocycles. The number of halogens is 3. The zero-order valence-electron chi connectivity index (χ0n) is 16.6. The number of hydrogen-bond donors (Lipinski definition) is 2. The molecule has 0 unspecified atom stereocenters. The quantitative estimate of drug-likeness (QED) is 0.582. The van der Waals surface area contributed by atoms with E-state index in [1.807, 2.05) is 29.0 Å². The number of rotatable bonds is 4. The van der Waals surface area contributed by atoms with E-state index in [9.17, 15) is 23.1 Å². The van der Waals surface area contributed by atoms with E-state index in [1.54, 1.807) is 6.07 Å². The number of hydrogen-bond acceptors (Lipinski definition) is 3. The molecule has 2 N–H and O–H groups in total. The number of carbonyl (C=O) groups is 1. The normalized spacial score (nSPS) is 15.4. The molecule has 3 aromatic rings. The van der Waals surface area contributed by atoms with E-state index in [4.69, 9.17) is 4.74 Å². The summed E-state index contributed by atoms with van der Waals surface area (Å²) in [6.45, 7) is 0.734. The third-order valence-electron chi connectivity index (χ3n) is 5.19. The van der Waals surface area contributed by atoms with Gasteiger partial charge in [-0.25, -0.2) is 0 Å². The predicted octanol–water partition coefficient (Wildman–Crippen LogP) is 4.85. The SMILES string of the molecule is O=C(C=C1CCCOc2cc(C(F)(F)F)ccc21)Nc1ccc2ccn(CCO)c2c1. The summed E-state index contributed by atoms with van der Waals surface area (Å²) in [5.74, 6) is -0.239. The summed E-state index contributed by atoms with van der Waals surface area (Å²) in [5, 5.41) is 13.0. The van der Waals surface area contributed by atoms with E-state index in [0.29, 0.717) is 36.2 Å². The van der Waals surface area contributed by atoms with Gasteiger partial charge in [0, 0.05) is 30.1 Å². The van der Waals surface area contributed by atoms with Crippen LogP contribution in [-0.4, -0.2) is 28.8 Å². The molecule has 0 spiro atoms. The highest BCUT2D eigenvalue weighted by molar-refractivity contribution is 6.05. The van der Waals surface area contributed by atoms with Gasteiger partial charge in [-0.05, 0) is 54.1 Å². The average molecular weight is 430 g/mol. The lowest BCUT2D eigenvalue weighted by Crippen LogP contribution is -2.09. The van der Waals surface area contributed by atoms with Crippen LogP contribution in [0.2, 0.25) is 0 Å². The Morgan fingerprint density at radius 1 is 1.19 bits per heavy atom. The largest absolute Gasteiger partial charge is 0.493 e. The van der Waals surface area contributed by atoms with Crippen molar-refractivity contribution in [3.8, 4) is 5.75 Å². The summed E-state index contributed by atoms with van der Waals surface area (Å²) >= 11 is 0. The fourth-order valence-electron chi connectivity index (χ4n) is 3.71. The monoisotopic (exact) mass is 430 g/mol. The Bertz CT molecular complexity index is 1150. The second-order valence-electron chi connectivity index (χ2n) is 7.33. The van der Waals surface area contributed by atoms with Crippen molar-refractivity contribution in [3.63, 3.8) is 0 Å². The number of amides is 1. The van der Waals surface area contributed by atoms with Crippen LogP contribution >= 0.6 is 0 Å². The molecule has 0 atom stereocenters. The first kappa shape index (κ1) is 21.0. The maximum atomic E-state index is 13.0. The van der Waals surface area contributed by atoms with Crippen molar-refractivity contribution in [2.75, 3.05) is 18.5 Å². The molecule has 0 radical (unpaired) electrons. The zero-order chi connectivity index (χ0) is 22.0. The lowest BCUT2D eigenvalue weighted by atomic mass is 9.99. The minimum Gasteiger partial charge on any atom is -0.493 e. The Morgan fingerprint density at radius 2 is 2.03 bits per heavy atom. The summed E-state index contributed by atoms with van der Waals surface area (Å²) in [5.41, 5.74) is 1.81. The highest BCUT2D eigenvalue weighted by Crippen LogP contribution is 2.38. The summed E-state index contributed by atoms with van der Waals surface area (Å²) < 4.78 is 46.5. The number of carbonyl (C=O) groups excluding carboxylic acids is 1. The summed E-state index contributed by atoms with van der Waals surface area (Å²) in [4.78, 5) is 12.7. The Kier molecular flexibility index (Phi) is 5.73. The number of nitrogens with one attached hydrogen (secondary N) is 1. The van der Waals surface area contributed by atoms with Crippen LogP contribution in [0.4, 0.5) is 18.9 Å². The van der Waals surface area contributed by atoms with Gasteiger partial charge in [0.1, 0.15) is 5.75 Å². The number of aromatic nitrogens is 1. The first-order valence-corrected chi connectivity index (χ1v) is 9.91. The number of alkyl halides is 3. The van der Waals surface area contributed by atoms with Gasteiger partial charge in [-0.15, -0.1) is 0 Å². The molecule has 1 aliphatic rings. The Balaban J connectivity index is 1.59. The predicted molar refractivity (Wildman–Crippen MR) is 112 cm³/mol.